The van der Waals surface area contributed by atoms with Crippen LogP contribution in [-0.2, 0) is 0 Å². The van der Waals surface area contributed by atoms with Crippen LogP contribution in [0.25, 0.3) is 32.9 Å². The Kier molecular flexibility index (Phi) is 3.51. The molecule has 1 aromatic heterocycles. The Morgan fingerprint density at radius 3 is 2.46 bits per heavy atom. The van der Waals surface area contributed by atoms with Crippen LogP contribution < -0.4 is 5.32 Å². The standard InChI is InChI=1S/C24H17NS/c1-16-11-13-20-19-9-5-6-10-23(19)26-24(20)25-22-14-12-18(15-21(16)22)17-7-3-2-4-8-17/h2-15,25H,1H2/b13-11-. The van der Waals surface area contributed by atoms with Crippen molar-refractivity contribution in [3.05, 3.63) is 96.6 Å². The average molecular weight is 351 g/mol. The first-order valence-electron chi connectivity index (χ1n) is 8.65. The highest BCUT2D eigenvalue weighted by Gasteiger charge is 2.15. The van der Waals surface area contributed by atoms with Gasteiger partial charge in [-0.1, -0.05) is 73.3 Å². The fraction of sp³-hybridized carbons (Fsp3) is 0. The summed E-state index contributed by atoms with van der Waals surface area (Å²) in [6, 6.07) is 25.6. The molecule has 26 heavy (non-hydrogen) atoms. The SMILES string of the molecule is C=C1/C=C\c2c(sc3ccccc23)Nc2ccc(-c3ccccc3)cc21. The van der Waals surface area contributed by atoms with E-state index < -0.39 is 0 Å². The van der Waals surface area contributed by atoms with Crippen molar-refractivity contribution in [3.8, 4) is 11.1 Å². The molecule has 1 nitrogen and oxygen atoms in total. The van der Waals surface area contributed by atoms with E-state index in [4.69, 9.17) is 0 Å². The lowest BCUT2D eigenvalue weighted by Gasteiger charge is -2.16. The van der Waals surface area contributed by atoms with Crippen LogP contribution in [0.1, 0.15) is 11.1 Å². The number of benzene rings is 3. The molecular weight excluding hydrogens is 334 g/mol. The summed E-state index contributed by atoms with van der Waals surface area (Å²) in [6.45, 7) is 4.31. The van der Waals surface area contributed by atoms with E-state index in [0.29, 0.717) is 0 Å². The molecule has 0 spiro atoms. The Hall–Kier alpha value is -3.10. The molecule has 1 aliphatic heterocycles. The van der Waals surface area contributed by atoms with Gasteiger partial charge in [0.2, 0.25) is 0 Å². The molecule has 0 fully saturated rings. The predicted octanol–water partition coefficient (Wildman–Crippen LogP) is 7.35. The van der Waals surface area contributed by atoms with Gasteiger partial charge in [-0.2, -0.15) is 0 Å². The second kappa shape index (κ2) is 6.01. The van der Waals surface area contributed by atoms with Crippen LogP contribution in [0, 0.1) is 0 Å². The van der Waals surface area contributed by atoms with E-state index in [2.05, 4.69) is 90.8 Å². The quantitative estimate of drug-likeness (QED) is 0.378. The number of thiophene rings is 1. The first-order chi connectivity index (χ1) is 12.8. The molecule has 0 bridgehead atoms. The molecule has 0 unspecified atom stereocenters. The van der Waals surface area contributed by atoms with E-state index >= 15 is 0 Å². The van der Waals surface area contributed by atoms with Gasteiger partial charge in [-0.3, -0.25) is 0 Å². The number of fused-ring (bicyclic) bond motifs is 4. The summed E-state index contributed by atoms with van der Waals surface area (Å²) in [5, 5.41) is 6.12. The summed E-state index contributed by atoms with van der Waals surface area (Å²) in [5.41, 5.74) is 6.93. The largest absolute Gasteiger partial charge is 0.346 e. The minimum absolute atomic E-state index is 1.02. The second-order valence-corrected chi connectivity index (χ2v) is 7.50. The van der Waals surface area contributed by atoms with Crippen molar-refractivity contribution in [2.24, 2.45) is 0 Å². The molecule has 5 rings (SSSR count). The van der Waals surface area contributed by atoms with E-state index in [1.54, 1.807) is 11.3 Å². The fourth-order valence-corrected chi connectivity index (χ4v) is 4.55. The molecule has 0 radical (unpaired) electrons. The van der Waals surface area contributed by atoms with Crippen molar-refractivity contribution in [2.45, 2.75) is 0 Å². The molecule has 124 valence electrons. The third kappa shape index (κ3) is 2.47. The van der Waals surface area contributed by atoms with Crippen molar-refractivity contribution in [2.75, 3.05) is 5.32 Å². The molecule has 2 heterocycles. The van der Waals surface area contributed by atoms with Crippen LogP contribution in [-0.4, -0.2) is 0 Å². The first kappa shape index (κ1) is 15.2. The summed E-state index contributed by atoms with van der Waals surface area (Å²) in [5.74, 6) is 0. The molecule has 3 aromatic carbocycles. The maximum atomic E-state index is 4.31. The third-order valence-electron chi connectivity index (χ3n) is 4.81. The zero-order valence-corrected chi connectivity index (χ0v) is 15.0. The normalized spacial score (nSPS) is 14.1. The smallest absolute Gasteiger partial charge is 0.101 e. The highest BCUT2D eigenvalue weighted by molar-refractivity contribution is 7.23. The van der Waals surface area contributed by atoms with Crippen LogP contribution in [0.5, 0.6) is 0 Å². The van der Waals surface area contributed by atoms with Crippen LogP contribution >= 0.6 is 11.3 Å². The number of allylic oxidation sites excluding steroid dienone is 2. The molecule has 2 heteroatoms. The van der Waals surface area contributed by atoms with Gasteiger partial charge in [-0.15, -0.1) is 11.3 Å². The number of rotatable bonds is 1. The number of anilines is 2. The maximum absolute atomic E-state index is 4.31. The Balaban J connectivity index is 1.66. The lowest BCUT2D eigenvalue weighted by Crippen LogP contribution is -1.97. The van der Waals surface area contributed by atoms with Gasteiger partial charge >= 0.3 is 0 Å². The van der Waals surface area contributed by atoms with E-state index in [1.165, 1.54) is 31.8 Å². The van der Waals surface area contributed by atoms with Crippen molar-refractivity contribution >= 4 is 43.8 Å². The monoisotopic (exact) mass is 351 g/mol. The van der Waals surface area contributed by atoms with Crippen LogP contribution in [0.4, 0.5) is 10.7 Å². The molecule has 4 aromatic rings. The van der Waals surface area contributed by atoms with Crippen LogP contribution in [0.15, 0.2) is 85.5 Å². The molecule has 1 N–H and O–H groups in total. The first-order valence-corrected chi connectivity index (χ1v) is 9.47. The zero-order chi connectivity index (χ0) is 17.5. The molecular formula is C24H17NS. The lowest BCUT2D eigenvalue weighted by atomic mass is 9.96. The lowest BCUT2D eigenvalue weighted by molar-refractivity contribution is 1.53. The molecule has 0 saturated carbocycles. The Bertz CT molecular complexity index is 1170. The highest BCUT2D eigenvalue weighted by atomic mass is 32.1. The minimum atomic E-state index is 1.02. The van der Waals surface area contributed by atoms with Gasteiger partial charge in [-0.05, 0) is 34.9 Å². The van der Waals surface area contributed by atoms with Gasteiger partial charge in [0.25, 0.3) is 0 Å². The summed E-state index contributed by atoms with van der Waals surface area (Å²) < 4.78 is 1.30. The minimum Gasteiger partial charge on any atom is -0.346 e. The van der Waals surface area contributed by atoms with Crippen LogP contribution in [0.2, 0.25) is 0 Å². The van der Waals surface area contributed by atoms with Crippen LogP contribution in [0.3, 0.4) is 0 Å². The zero-order valence-electron chi connectivity index (χ0n) is 14.2. The topological polar surface area (TPSA) is 12.0 Å². The summed E-state index contributed by atoms with van der Waals surface area (Å²) >= 11 is 1.80. The fourth-order valence-electron chi connectivity index (χ4n) is 3.45. The van der Waals surface area contributed by atoms with Crippen molar-refractivity contribution < 1.29 is 0 Å². The maximum Gasteiger partial charge on any atom is 0.101 e. The van der Waals surface area contributed by atoms with Gasteiger partial charge in [0, 0.05) is 26.9 Å². The van der Waals surface area contributed by atoms with Crippen molar-refractivity contribution in [1.82, 2.24) is 0 Å². The molecule has 1 aliphatic rings. The molecule has 0 aliphatic carbocycles. The van der Waals surface area contributed by atoms with Gasteiger partial charge in [0.05, 0.1) is 0 Å². The van der Waals surface area contributed by atoms with Crippen molar-refractivity contribution in [1.29, 1.82) is 0 Å². The third-order valence-corrected chi connectivity index (χ3v) is 5.91. The van der Waals surface area contributed by atoms with E-state index in [9.17, 15) is 0 Å². The predicted molar refractivity (Wildman–Crippen MR) is 115 cm³/mol. The Labute approximate surface area is 156 Å². The van der Waals surface area contributed by atoms with E-state index in [-0.39, 0.29) is 0 Å². The van der Waals surface area contributed by atoms with Crippen molar-refractivity contribution in [3.63, 3.8) is 0 Å². The van der Waals surface area contributed by atoms with Gasteiger partial charge in [-0.25, -0.2) is 0 Å². The summed E-state index contributed by atoms with van der Waals surface area (Å²) in [6.07, 6.45) is 4.31. The number of hydrogen-bond donors (Lipinski definition) is 1. The van der Waals surface area contributed by atoms with E-state index in [0.717, 1.165) is 16.8 Å². The Morgan fingerprint density at radius 1 is 0.769 bits per heavy atom. The highest BCUT2D eigenvalue weighted by Crippen LogP contribution is 2.42. The second-order valence-electron chi connectivity index (χ2n) is 6.45. The summed E-state index contributed by atoms with van der Waals surface area (Å²) in [7, 11) is 0. The van der Waals surface area contributed by atoms with E-state index in [1.807, 2.05) is 6.07 Å². The summed E-state index contributed by atoms with van der Waals surface area (Å²) in [4.78, 5) is 0. The van der Waals surface area contributed by atoms with Gasteiger partial charge in [0.15, 0.2) is 0 Å². The molecule has 0 atom stereocenters. The average Bonchev–Trinajstić information content (AvgIpc) is 3.02. The Morgan fingerprint density at radius 2 is 1.58 bits per heavy atom. The van der Waals surface area contributed by atoms with Gasteiger partial charge in [0.1, 0.15) is 5.00 Å². The molecule has 0 saturated heterocycles. The molecule has 0 amide bonds. The van der Waals surface area contributed by atoms with Gasteiger partial charge < -0.3 is 5.32 Å². The number of nitrogens with one attached hydrogen (secondary N) is 1. The number of hydrogen-bond acceptors (Lipinski definition) is 2.